The first-order chi connectivity index (χ1) is 13.6. The number of nitrogens with zero attached hydrogens (tertiary/aromatic N) is 2. The Balaban J connectivity index is 2.84. The van der Waals surface area contributed by atoms with E-state index in [4.69, 9.17) is 9.66 Å². The number of hydrogen-bond donors (Lipinski definition) is 2. The lowest BCUT2D eigenvalue weighted by Crippen LogP contribution is -2.27. The van der Waals surface area contributed by atoms with E-state index in [1.165, 1.54) is 0 Å². The molecule has 0 radical (unpaired) electrons. The van der Waals surface area contributed by atoms with Crippen molar-refractivity contribution in [3.8, 4) is 0 Å². The van der Waals surface area contributed by atoms with Crippen LogP contribution in [0.4, 0.5) is 5.69 Å². The highest BCUT2D eigenvalue weighted by atomic mass is 32.2. The van der Waals surface area contributed by atoms with Crippen LogP contribution in [0.1, 0.15) is 37.7 Å². The first-order valence-corrected chi connectivity index (χ1v) is 11.1. The molecule has 0 saturated heterocycles. The minimum Gasteiger partial charge on any atom is -0.481 e. The van der Waals surface area contributed by atoms with Crippen LogP contribution in [-0.2, 0) is 19.7 Å². The Morgan fingerprint density at radius 1 is 1.03 bits per heavy atom. The summed E-state index contributed by atoms with van der Waals surface area (Å²) in [6, 6.07) is 7.40. The molecule has 0 saturated carbocycles. The fourth-order valence-corrected chi connectivity index (χ4v) is 3.37. The summed E-state index contributed by atoms with van der Waals surface area (Å²) in [6.07, 6.45) is 5.03. The normalized spacial score (nSPS) is 11.9. The smallest absolute Gasteiger partial charge is 0.303 e. The van der Waals surface area contributed by atoms with E-state index in [1.54, 1.807) is 11.1 Å². The van der Waals surface area contributed by atoms with Crippen LogP contribution >= 0.6 is 0 Å². The zero-order chi connectivity index (χ0) is 21.9. The van der Waals surface area contributed by atoms with Crippen molar-refractivity contribution in [2.45, 2.75) is 32.1 Å². The zero-order valence-corrected chi connectivity index (χ0v) is 17.8. The van der Waals surface area contributed by atoms with Crippen LogP contribution in [0.5, 0.6) is 0 Å². The molecule has 1 aromatic carbocycles. The van der Waals surface area contributed by atoms with Crippen LogP contribution in [0.15, 0.2) is 30.5 Å². The third-order valence-electron chi connectivity index (χ3n) is 4.24. The molecule has 29 heavy (non-hydrogen) atoms. The largest absolute Gasteiger partial charge is 0.481 e. The average molecular weight is 427 g/mol. The molecular weight excluding hydrogens is 396 g/mol. The summed E-state index contributed by atoms with van der Waals surface area (Å²) in [5.74, 6) is -1.14. The van der Waals surface area contributed by atoms with E-state index in [9.17, 15) is 18.0 Å². The molecule has 1 aromatic rings. The predicted octanol–water partition coefficient (Wildman–Crippen LogP) is 2.52. The van der Waals surface area contributed by atoms with Crippen molar-refractivity contribution in [2.75, 3.05) is 37.8 Å². The van der Waals surface area contributed by atoms with Gasteiger partial charge in [0, 0.05) is 51.1 Å². The van der Waals surface area contributed by atoms with Gasteiger partial charge < -0.3 is 14.9 Å². The van der Waals surface area contributed by atoms with Gasteiger partial charge in [-0.05, 0) is 37.0 Å². The van der Waals surface area contributed by atoms with E-state index in [0.29, 0.717) is 25.1 Å². The van der Waals surface area contributed by atoms with Crippen molar-refractivity contribution in [3.05, 3.63) is 36.0 Å². The number of aldehydes is 1. The van der Waals surface area contributed by atoms with Gasteiger partial charge in [-0.15, -0.1) is 0 Å². The molecule has 0 spiro atoms. The van der Waals surface area contributed by atoms with E-state index in [1.807, 2.05) is 43.3 Å². The van der Waals surface area contributed by atoms with E-state index < -0.39 is 16.1 Å². The Kier molecular flexibility index (Phi) is 10.4. The number of aliphatic carboxylic acids is 1. The molecule has 0 aliphatic rings. The maximum absolute atomic E-state index is 11.3. The number of allylic oxidation sites excluding steroid dienone is 1. The number of unbranched alkanes of at least 4 members (excludes halogenated alkanes) is 2. The number of hydrogen-bond acceptors (Lipinski definition) is 6. The van der Waals surface area contributed by atoms with Gasteiger partial charge in [0.15, 0.2) is 6.29 Å². The number of carboxylic acids is 1. The number of carbonyl (C=O) groups excluding carboxylic acids is 1. The number of rotatable bonds is 14. The highest BCUT2D eigenvalue weighted by molar-refractivity contribution is 7.85. The second kappa shape index (κ2) is 12.2. The first-order valence-electron chi connectivity index (χ1n) is 9.48. The Labute approximate surface area is 172 Å². The van der Waals surface area contributed by atoms with Crippen LogP contribution in [0.25, 0.3) is 5.57 Å². The molecule has 1 rings (SSSR count). The molecule has 0 aliphatic heterocycles. The van der Waals surface area contributed by atoms with Crippen molar-refractivity contribution >= 4 is 33.6 Å². The van der Waals surface area contributed by atoms with E-state index in [0.717, 1.165) is 30.4 Å². The highest BCUT2D eigenvalue weighted by Gasteiger charge is 2.11. The molecule has 0 heterocycles. The Morgan fingerprint density at radius 2 is 1.66 bits per heavy atom. The van der Waals surface area contributed by atoms with Crippen LogP contribution < -0.4 is 4.90 Å². The van der Waals surface area contributed by atoms with Gasteiger partial charge in [0.2, 0.25) is 0 Å². The molecule has 0 fully saturated rings. The molecular formula is C20H30N2O6S. The monoisotopic (exact) mass is 426 g/mol. The van der Waals surface area contributed by atoms with Gasteiger partial charge in [-0.1, -0.05) is 18.6 Å². The van der Waals surface area contributed by atoms with E-state index in [2.05, 4.69) is 0 Å². The number of carbonyl (C=O) groups is 2. The van der Waals surface area contributed by atoms with Gasteiger partial charge in [0.1, 0.15) is 0 Å². The molecule has 9 heteroatoms. The lowest BCUT2D eigenvalue weighted by atomic mass is 10.1. The maximum atomic E-state index is 11.3. The van der Waals surface area contributed by atoms with Crippen LogP contribution in [-0.4, -0.2) is 68.2 Å². The summed E-state index contributed by atoms with van der Waals surface area (Å²) < 4.78 is 30.9. The first kappa shape index (κ1) is 24.6. The number of carboxylic acid groups (broad SMARTS) is 1. The summed E-state index contributed by atoms with van der Waals surface area (Å²) in [6.45, 7) is 1.07. The zero-order valence-electron chi connectivity index (χ0n) is 17.0. The lowest BCUT2D eigenvalue weighted by molar-refractivity contribution is -0.137. The van der Waals surface area contributed by atoms with Crippen molar-refractivity contribution < 1.29 is 27.7 Å². The predicted molar refractivity (Wildman–Crippen MR) is 114 cm³/mol. The summed E-state index contributed by atoms with van der Waals surface area (Å²) in [7, 11) is -0.351. The summed E-state index contributed by atoms with van der Waals surface area (Å²) >= 11 is 0. The second-order valence-electron chi connectivity index (χ2n) is 7.04. The lowest BCUT2D eigenvalue weighted by Gasteiger charge is -2.25. The minimum atomic E-state index is -4.02. The topological polar surface area (TPSA) is 115 Å². The summed E-state index contributed by atoms with van der Waals surface area (Å²) in [5.41, 5.74) is 2.20. The van der Waals surface area contributed by atoms with Crippen molar-refractivity contribution in [1.29, 1.82) is 0 Å². The molecule has 0 unspecified atom stereocenters. The highest BCUT2D eigenvalue weighted by Crippen LogP contribution is 2.21. The fourth-order valence-electron chi connectivity index (χ4n) is 2.88. The molecule has 0 atom stereocenters. The Morgan fingerprint density at radius 3 is 2.17 bits per heavy atom. The van der Waals surface area contributed by atoms with Gasteiger partial charge in [-0.25, -0.2) is 0 Å². The molecule has 8 nitrogen and oxygen atoms in total. The second-order valence-corrected chi connectivity index (χ2v) is 8.62. The van der Waals surface area contributed by atoms with Gasteiger partial charge in [-0.2, -0.15) is 8.42 Å². The van der Waals surface area contributed by atoms with Gasteiger partial charge in [0.25, 0.3) is 10.1 Å². The summed E-state index contributed by atoms with van der Waals surface area (Å²) in [5, 5.41) is 8.71. The standard InChI is InChI=1S/C20H30N2O6S/c1-21(2)15-18(16-23)17-8-10-19(11-9-17)22(13-6-14-29(26,27)28)12-5-3-4-7-20(24)25/h8-11,15-16H,3-7,12-14H2,1-2H3,(H,24,25)(H,26,27,28)/b18-15-. The number of benzene rings is 1. The summed E-state index contributed by atoms with van der Waals surface area (Å²) in [4.78, 5) is 25.7. The quantitative estimate of drug-likeness (QED) is 0.202. The van der Waals surface area contributed by atoms with Gasteiger partial charge in [0.05, 0.1) is 5.75 Å². The third kappa shape index (κ3) is 10.7. The van der Waals surface area contributed by atoms with Gasteiger partial charge in [-0.3, -0.25) is 14.1 Å². The Hall–Kier alpha value is -2.39. The fraction of sp³-hybridized carbons (Fsp3) is 0.500. The van der Waals surface area contributed by atoms with Crippen molar-refractivity contribution in [1.82, 2.24) is 4.90 Å². The average Bonchev–Trinajstić information content (AvgIpc) is 2.63. The van der Waals surface area contributed by atoms with E-state index >= 15 is 0 Å². The van der Waals surface area contributed by atoms with Crippen molar-refractivity contribution in [2.24, 2.45) is 0 Å². The molecule has 0 aromatic heterocycles. The van der Waals surface area contributed by atoms with Crippen LogP contribution in [0.3, 0.4) is 0 Å². The van der Waals surface area contributed by atoms with Crippen molar-refractivity contribution in [3.63, 3.8) is 0 Å². The SMILES string of the molecule is CN(C)/C=C(/C=O)c1ccc(N(CCCCCC(=O)O)CCCS(=O)(=O)O)cc1. The third-order valence-corrected chi connectivity index (χ3v) is 5.04. The molecule has 0 bridgehead atoms. The van der Waals surface area contributed by atoms with Gasteiger partial charge >= 0.3 is 5.97 Å². The Bertz CT molecular complexity index is 788. The maximum Gasteiger partial charge on any atom is 0.303 e. The minimum absolute atomic E-state index is 0.129. The van der Waals surface area contributed by atoms with Crippen LogP contribution in [0.2, 0.25) is 0 Å². The van der Waals surface area contributed by atoms with E-state index in [-0.39, 0.29) is 18.6 Å². The number of anilines is 1. The molecule has 0 amide bonds. The molecule has 162 valence electrons. The van der Waals surface area contributed by atoms with Crippen LogP contribution in [0, 0.1) is 0 Å². The molecule has 0 aliphatic carbocycles. The molecule has 2 N–H and O–H groups in total.